The molecule has 0 N–H and O–H groups in total. The van der Waals surface area contributed by atoms with Crippen LogP contribution >= 0.6 is 38.3 Å². The van der Waals surface area contributed by atoms with Crippen LogP contribution in [-0.2, 0) is 11.2 Å². The number of ether oxygens (including phenoxy) is 1. The second-order valence-corrected chi connectivity index (χ2v) is 4.44. The Labute approximate surface area is 105 Å². The lowest BCUT2D eigenvalue weighted by molar-refractivity contribution is -0.110. The summed E-state index contributed by atoms with van der Waals surface area (Å²) >= 11 is 11.9. The number of anilines is 1. The van der Waals surface area contributed by atoms with E-state index in [1.54, 1.807) is 19.2 Å². The Kier molecular flexibility index (Phi) is 4.69. The molecule has 0 amide bonds. The van der Waals surface area contributed by atoms with Crippen LogP contribution in [0.3, 0.4) is 0 Å². The van der Waals surface area contributed by atoms with Crippen molar-refractivity contribution in [3.8, 4) is 5.75 Å². The number of thiol groups is 3. The van der Waals surface area contributed by atoms with Gasteiger partial charge in [0.15, 0.2) is 5.12 Å². The maximum absolute atomic E-state index is 10.9. The highest BCUT2D eigenvalue weighted by molar-refractivity contribution is 8.00. The van der Waals surface area contributed by atoms with Crippen LogP contribution in [0.25, 0.3) is 0 Å². The first kappa shape index (κ1) is 12.6. The van der Waals surface area contributed by atoms with Gasteiger partial charge in [-0.3, -0.25) is 8.51 Å². The number of nitrogens with zero attached hydrogens (tertiary/aromatic N) is 1. The number of hydrogen-bond acceptors (Lipinski definition) is 5. The molecule has 0 radical (unpaired) electrons. The van der Waals surface area contributed by atoms with Crippen molar-refractivity contribution in [2.24, 2.45) is 0 Å². The molecule has 0 saturated carbocycles. The summed E-state index contributed by atoms with van der Waals surface area (Å²) in [7, 11) is 1.55. The molecule has 0 heterocycles. The average Bonchev–Trinajstić information content (AvgIpc) is 2.15. The van der Waals surface area contributed by atoms with Crippen LogP contribution in [0.1, 0.15) is 5.56 Å². The molecule has 0 aliphatic rings. The van der Waals surface area contributed by atoms with Gasteiger partial charge in [-0.05, 0) is 11.6 Å². The van der Waals surface area contributed by atoms with E-state index in [4.69, 9.17) is 4.74 Å². The predicted molar refractivity (Wildman–Crippen MR) is 71.1 cm³/mol. The fraction of sp³-hybridized carbons (Fsp3) is 0.222. The van der Waals surface area contributed by atoms with E-state index >= 15 is 0 Å². The number of benzene rings is 1. The van der Waals surface area contributed by atoms with E-state index in [1.807, 2.05) is 6.07 Å². The Hall–Kier alpha value is -0.460. The van der Waals surface area contributed by atoms with Gasteiger partial charge in [0.05, 0.1) is 7.11 Å². The molecular formula is C9H11NO2S3. The predicted octanol–water partition coefficient (Wildman–Crippen LogP) is 2.19. The van der Waals surface area contributed by atoms with Gasteiger partial charge in [-0.15, -0.1) is 12.6 Å². The minimum absolute atomic E-state index is 0.215. The van der Waals surface area contributed by atoms with Crippen LogP contribution < -0.4 is 8.45 Å². The van der Waals surface area contributed by atoms with Gasteiger partial charge in [-0.25, -0.2) is 0 Å². The molecular weight excluding hydrogens is 250 g/mol. The number of carbonyl (C=O) groups excluding carboxylic acids is 1. The number of para-hydroxylation sites is 1. The first-order valence-electron chi connectivity index (χ1n) is 4.11. The molecule has 1 aromatic carbocycles. The molecule has 0 spiro atoms. The van der Waals surface area contributed by atoms with Gasteiger partial charge in [0.25, 0.3) is 0 Å². The highest BCUT2D eigenvalue weighted by atomic mass is 32.2. The quantitative estimate of drug-likeness (QED) is 0.726. The van der Waals surface area contributed by atoms with Crippen molar-refractivity contribution in [1.82, 2.24) is 0 Å². The molecule has 0 atom stereocenters. The molecule has 0 saturated heterocycles. The van der Waals surface area contributed by atoms with Gasteiger partial charge in [0.1, 0.15) is 11.4 Å². The van der Waals surface area contributed by atoms with Crippen LogP contribution in [0.15, 0.2) is 18.2 Å². The molecule has 0 bridgehead atoms. The topological polar surface area (TPSA) is 29.5 Å². The minimum Gasteiger partial charge on any atom is -0.495 e. The number of carbonyl (C=O) groups is 1. The summed E-state index contributed by atoms with van der Waals surface area (Å²) in [6.07, 6.45) is 0.216. The second kappa shape index (κ2) is 5.58. The lowest BCUT2D eigenvalue weighted by Gasteiger charge is -2.17. The third kappa shape index (κ3) is 3.25. The molecule has 0 fully saturated rings. The third-order valence-corrected chi connectivity index (χ3v) is 2.40. The van der Waals surface area contributed by atoms with Crippen LogP contribution in [0.5, 0.6) is 5.75 Å². The molecule has 0 unspecified atom stereocenters. The third-order valence-electron chi connectivity index (χ3n) is 1.84. The molecule has 0 aliphatic heterocycles. The molecule has 15 heavy (non-hydrogen) atoms. The van der Waals surface area contributed by atoms with Gasteiger partial charge in [-0.2, -0.15) is 0 Å². The van der Waals surface area contributed by atoms with Crippen LogP contribution in [0, 0.1) is 0 Å². The van der Waals surface area contributed by atoms with Crippen molar-refractivity contribution >= 4 is 49.1 Å². The van der Waals surface area contributed by atoms with Crippen molar-refractivity contribution in [2.45, 2.75) is 6.42 Å². The molecule has 0 aromatic heterocycles. The van der Waals surface area contributed by atoms with Gasteiger partial charge in [0.2, 0.25) is 0 Å². The Morgan fingerprint density at radius 1 is 1.47 bits per heavy atom. The number of hydrogen-bond donors (Lipinski definition) is 3. The lowest BCUT2D eigenvalue weighted by Crippen LogP contribution is -2.04. The van der Waals surface area contributed by atoms with E-state index in [9.17, 15) is 4.79 Å². The monoisotopic (exact) mass is 261 g/mol. The molecule has 1 aromatic rings. The fourth-order valence-corrected chi connectivity index (χ4v) is 1.89. The van der Waals surface area contributed by atoms with Crippen molar-refractivity contribution in [2.75, 3.05) is 10.8 Å². The zero-order chi connectivity index (χ0) is 11.4. The van der Waals surface area contributed by atoms with Crippen LogP contribution in [0.4, 0.5) is 5.69 Å². The molecule has 3 nitrogen and oxygen atoms in total. The van der Waals surface area contributed by atoms with E-state index < -0.39 is 0 Å². The molecule has 82 valence electrons. The summed E-state index contributed by atoms with van der Waals surface area (Å²) in [6.45, 7) is 0. The summed E-state index contributed by atoms with van der Waals surface area (Å²) in [5.74, 6) is 0.618. The Bertz CT molecular complexity index is 368. The standard InChI is InChI=1S/C9H11NO2S3/c1-12-7-4-2-3-6(5-8(11)13)9(7)10(14)15/h2-4,14-15H,5H2,1H3,(H,11,13). The van der Waals surface area contributed by atoms with Gasteiger partial charge < -0.3 is 4.74 Å². The SMILES string of the molecule is COc1cccc(CC(=O)S)c1N(S)S. The highest BCUT2D eigenvalue weighted by Gasteiger charge is 2.13. The summed E-state index contributed by atoms with van der Waals surface area (Å²) in [5, 5.41) is -0.215. The van der Waals surface area contributed by atoms with Crippen molar-refractivity contribution < 1.29 is 9.53 Å². The summed E-state index contributed by atoms with van der Waals surface area (Å²) in [5.41, 5.74) is 1.44. The van der Waals surface area contributed by atoms with E-state index in [2.05, 4.69) is 38.3 Å². The Morgan fingerprint density at radius 2 is 2.13 bits per heavy atom. The van der Waals surface area contributed by atoms with Crippen LogP contribution in [0.2, 0.25) is 0 Å². The maximum atomic E-state index is 10.9. The summed E-state index contributed by atoms with van der Waals surface area (Å²) in [4.78, 5) is 10.9. The zero-order valence-electron chi connectivity index (χ0n) is 8.04. The summed E-state index contributed by atoms with van der Waals surface area (Å²) < 4.78 is 6.48. The number of methoxy groups -OCH3 is 1. The van der Waals surface area contributed by atoms with Crippen molar-refractivity contribution in [3.05, 3.63) is 23.8 Å². The van der Waals surface area contributed by atoms with E-state index in [1.165, 1.54) is 3.71 Å². The second-order valence-electron chi connectivity index (χ2n) is 2.83. The fourth-order valence-electron chi connectivity index (χ4n) is 1.27. The Morgan fingerprint density at radius 3 is 2.60 bits per heavy atom. The first-order valence-corrected chi connectivity index (χ1v) is 5.36. The normalized spacial score (nSPS) is 9.87. The van der Waals surface area contributed by atoms with Crippen molar-refractivity contribution in [3.63, 3.8) is 0 Å². The van der Waals surface area contributed by atoms with E-state index in [0.717, 1.165) is 5.56 Å². The van der Waals surface area contributed by atoms with Crippen molar-refractivity contribution in [1.29, 1.82) is 0 Å². The molecule has 1 rings (SSSR count). The van der Waals surface area contributed by atoms with Gasteiger partial charge in [0, 0.05) is 6.42 Å². The maximum Gasteiger partial charge on any atom is 0.190 e. The highest BCUT2D eigenvalue weighted by Crippen LogP contribution is 2.34. The van der Waals surface area contributed by atoms with Gasteiger partial charge in [-0.1, -0.05) is 37.8 Å². The van der Waals surface area contributed by atoms with E-state index in [0.29, 0.717) is 11.4 Å². The number of rotatable bonds is 4. The zero-order valence-corrected chi connectivity index (χ0v) is 10.7. The minimum atomic E-state index is -0.215. The average molecular weight is 261 g/mol. The molecule has 6 heteroatoms. The molecule has 0 aliphatic carbocycles. The van der Waals surface area contributed by atoms with E-state index in [-0.39, 0.29) is 11.5 Å². The largest absolute Gasteiger partial charge is 0.495 e. The summed E-state index contributed by atoms with van der Waals surface area (Å²) in [6, 6.07) is 5.39. The Balaban J connectivity index is 3.19. The lowest BCUT2D eigenvalue weighted by atomic mass is 10.1. The van der Waals surface area contributed by atoms with Crippen LogP contribution in [-0.4, -0.2) is 12.2 Å². The van der Waals surface area contributed by atoms with Gasteiger partial charge >= 0.3 is 0 Å². The smallest absolute Gasteiger partial charge is 0.190 e. The first-order chi connectivity index (χ1) is 7.06.